The summed E-state index contributed by atoms with van der Waals surface area (Å²) in [7, 11) is 0. The molecule has 0 spiro atoms. The number of carbonyl (C=O) groups is 2. The smallest absolute Gasteiger partial charge is 0.255 e. The van der Waals surface area contributed by atoms with Crippen LogP contribution in [-0.4, -0.2) is 17.9 Å². The molecule has 0 bridgehead atoms. The van der Waals surface area contributed by atoms with Crippen LogP contribution in [0.25, 0.3) is 0 Å². The van der Waals surface area contributed by atoms with Gasteiger partial charge in [0.05, 0.1) is 11.4 Å². The maximum Gasteiger partial charge on any atom is 0.255 e. The minimum Gasteiger partial charge on any atom is -0.320 e. The number of benzene rings is 2. The maximum absolute atomic E-state index is 13.0. The third-order valence-corrected chi connectivity index (χ3v) is 3.77. The lowest BCUT2D eigenvalue weighted by Gasteiger charge is -2.23. The van der Waals surface area contributed by atoms with Crippen LogP contribution in [0, 0.1) is 5.82 Å². The number of para-hydroxylation sites is 2. The first-order chi connectivity index (χ1) is 11.1. The van der Waals surface area contributed by atoms with E-state index in [1.165, 1.54) is 31.2 Å². The summed E-state index contributed by atoms with van der Waals surface area (Å²) in [6.45, 7) is 1.52. The normalized spacial score (nSPS) is 13.5. The summed E-state index contributed by atoms with van der Waals surface area (Å²) >= 11 is 0. The van der Waals surface area contributed by atoms with E-state index < -0.39 is 5.82 Å². The average Bonchev–Trinajstić information content (AvgIpc) is 3.34. The van der Waals surface area contributed by atoms with Crippen LogP contribution in [0.4, 0.5) is 15.8 Å². The number of hydrogen-bond acceptors (Lipinski definition) is 2. The molecule has 1 saturated carbocycles. The van der Waals surface area contributed by atoms with Crippen LogP contribution in [0.15, 0.2) is 48.5 Å². The standard InChI is InChI=1S/C18H17FN2O2/c1-12(22)21(15-10-11-15)17-5-3-2-4-16(17)20-18(23)13-6-8-14(19)9-7-13/h2-9,15H,10-11H2,1H3,(H,20,23). The Labute approximate surface area is 133 Å². The topological polar surface area (TPSA) is 49.4 Å². The molecule has 1 aliphatic rings. The molecule has 2 aromatic carbocycles. The number of carbonyl (C=O) groups excluding carboxylic acids is 2. The Bertz CT molecular complexity index is 739. The van der Waals surface area contributed by atoms with E-state index in [1.54, 1.807) is 17.0 Å². The molecular formula is C18H17FN2O2. The highest BCUT2D eigenvalue weighted by atomic mass is 19.1. The van der Waals surface area contributed by atoms with Gasteiger partial charge in [-0.05, 0) is 49.2 Å². The second-order valence-electron chi connectivity index (χ2n) is 5.60. The van der Waals surface area contributed by atoms with Gasteiger partial charge in [-0.1, -0.05) is 12.1 Å². The van der Waals surface area contributed by atoms with Crippen LogP contribution in [0.2, 0.25) is 0 Å². The summed E-state index contributed by atoms with van der Waals surface area (Å²) in [5, 5.41) is 2.81. The molecule has 0 unspecified atom stereocenters. The van der Waals surface area contributed by atoms with Crippen molar-refractivity contribution in [2.45, 2.75) is 25.8 Å². The Hall–Kier alpha value is -2.69. The third kappa shape index (κ3) is 3.39. The van der Waals surface area contributed by atoms with Crippen molar-refractivity contribution in [3.8, 4) is 0 Å². The second-order valence-corrected chi connectivity index (χ2v) is 5.60. The van der Waals surface area contributed by atoms with E-state index in [2.05, 4.69) is 5.32 Å². The fraction of sp³-hybridized carbons (Fsp3) is 0.222. The van der Waals surface area contributed by atoms with E-state index in [4.69, 9.17) is 0 Å². The first-order valence-electron chi connectivity index (χ1n) is 7.52. The first kappa shape index (κ1) is 15.2. The molecule has 0 aromatic heterocycles. The highest BCUT2D eigenvalue weighted by Crippen LogP contribution is 2.36. The predicted octanol–water partition coefficient (Wildman–Crippen LogP) is 3.59. The zero-order chi connectivity index (χ0) is 16.4. The van der Waals surface area contributed by atoms with Crippen molar-refractivity contribution in [2.24, 2.45) is 0 Å². The van der Waals surface area contributed by atoms with E-state index in [0.29, 0.717) is 16.9 Å². The third-order valence-electron chi connectivity index (χ3n) is 3.77. The molecule has 0 aliphatic heterocycles. The van der Waals surface area contributed by atoms with Gasteiger partial charge in [0, 0.05) is 18.5 Å². The fourth-order valence-electron chi connectivity index (χ4n) is 2.54. The van der Waals surface area contributed by atoms with Gasteiger partial charge in [-0.3, -0.25) is 9.59 Å². The molecule has 23 heavy (non-hydrogen) atoms. The van der Waals surface area contributed by atoms with Gasteiger partial charge < -0.3 is 10.2 Å². The van der Waals surface area contributed by atoms with Crippen molar-refractivity contribution in [3.63, 3.8) is 0 Å². The molecule has 1 aliphatic carbocycles. The molecule has 3 rings (SSSR count). The fourth-order valence-corrected chi connectivity index (χ4v) is 2.54. The highest BCUT2D eigenvalue weighted by Gasteiger charge is 2.33. The van der Waals surface area contributed by atoms with Crippen molar-refractivity contribution in [3.05, 3.63) is 59.9 Å². The van der Waals surface area contributed by atoms with Crippen molar-refractivity contribution < 1.29 is 14.0 Å². The Morgan fingerprint density at radius 2 is 1.74 bits per heavy atom. The van der Waals surface area contributed by atoms with E-state index in [1.807, 2.05) is 12.1 Å². The van der Waals surface area contributed by atoms with Crippen LogP contribution >= 0.6 is 0 Å². The minimum absolute atomic E-state index is 0.0454. The van der Waals surface area contributed by atoms with Gasteiger partial charge >= 0.3 is 0 Å². The first-order valence-corrected chi connectivity index (χ1v) is 7.52. The zero-order valence-electron chi connectivity index (χ0n) is 12.8. The molecule has 4 nitrogen and oxygen atoms in total. The second kappa shape index (κ2) is 6.20. The molecule has 2 aromatic rings. The molecular weight excluding hydrogens is 295 g/mol. The van der Waals surface area contributed by atoms with Crippen molar-refractivity contribution in [1.82, 2.24) is 0 Å². The molecule has 1 N–H and O–H groups in total. The Morgan fingerprint density at radius 1 is 1.09 bits per heavy atom. The maximum atomic E-state index is 13.0. The van der Waals surface area contributed by atoms with Crippen LogP contribution in [0.1, 0.15) is 30.1 Å². The summed E-state index contributed by atoms with van der Waals surface area (Å²) < 4.78 is 13.0. The molecule has 2 amide bonds. The molecule has 0 heterocycles. The van der Waals surface area contributed by atoms with Crippen molar-refractivity contribution in [2.75, 3.05) is 10.2 Å². The summed E-state index contributed by atoms with van der Waals surface area (Å²) in [6, 6.07) is 12.8. The minimum atomic E-state index is -0.390. The van der Waals surface area contributed by atoms with Crippen LogP contribution in [0.3, 0.4) is 0 Å². The molecule has 1 fully saturated rings. The largest absolute Gasteiger partial charge is 0.320 e. The van der Waals surface area contributed by atoms with Gasteiger partial charge in [0.2, 0.25) is 5.91 Å². The summed E-state index contributed by atoms with van der Waals surface area (Å²) in [4.78, 5) is 26.0. The number of anilines is 2. The van der Waals surface area contributed by atoms with Crippen LogP contribution in [0.5, 0.6) is 0 Å². The molecule has 5 heteroatoms. The summed E-state index contributed by atoms with van der Waals surface area (Å²) in [5.74, 6) is -0.772. The van der Waals surface area contributed by atoms with Gasteiger partial charge in [0.15, 0.2) is 0 Å². The summed E-state index contributed by atoms with van der Waals surface area (Å²) in [5.41, 5.74) is 1.63. The lowest BCUT2D eigenvalue weighted by atomic mass is 10.2. The Morgan fingerprint density at radius 3 is 2.35 bits per heavy atom. The highest BCUT2D eigenvalue weighted by molar-refractivity contribution is 6.07. The molecule has 0 radical (unpaired) electrons. The monoisotopic (exact) mass is 312 g/mol. The number of rotatable bonds is 4. The Kier molecular flexibility index (Phi) is 4.10. The van der Waals surface area contributed by atoms with E-state index in [0.717, 1.165) is 12.8 Å². The Balaban J connectivity index is 1.87. The van der Waals surface area contributed by atoms with Gasteiger partial charge in [-0.25, -0.2) is 4.39 Å². The number of nitrogens with zero attached hydrogens (tertiary/aromatic N) is 1. The zero-order valence-corrected chi connectivity index (χ0v) is 12.8. The van der Waals surface area contributed by atoms with Crippen molar-refractivity contribution in [1.29, 1.82) is 0 Å². The lowest BCUT2D eigenvalue weighted by molar-refractivity contribution is -0.116. The number of nitrogens with one attached hydrogen (secondary N) is 1. The number of hydrogen-bond donors (Lipinski definition) is 1. The lowest BCUT2D eigenvalue weighted by Crippen LogP contribution is -2.31. The molecule has 0 atom stereocenters. The van der Waals surface area contributed by atoms with Crippen LogP contribution in [-0.2, 0) is 4.79 Å². The SMILES string of the molecule is CC(=O)N(c1ccccc1NC(=O)c1ccc(F)cc1)C1CC1. The van der Waals surface area contributed by atoms with E-state index in [9.17, 15) is 14.0 Å². The molecule has 118 valence electrons. The summed E-state index contributed by atoms with van der Waals surface area (Å²) in [6.07, 6.45) is 1.94. The van der Waals surface area contributed by atoms with Gasteiger partial charge in [-0.15, -0.1) is 0 Å². The van der Waals surface area contributed by atoms with Gasteiger partial charge in [0.1, 0.15) is 5.82 Å². The number of amides is 2. The number of halogens is 1. The van der Waals surface area contributed by atoms with Gasteiger partial charge in [0.25, 0.3) is 5.91 Å². The van der Waals surface area contributed by atoms with E-state index >= 15 is 0 Å². The quantitative estimate of drug-likeness (QED) is 0.938. The predicted molar refractivity (Wildman–Crippen MR) is 87.0 cm³/mol. The molecule has 0 saturated heterocycles. The van der Waals surface area contributed by atoms with Crippen molar-refractivity contribution >= 4 is 23.2 Å². The van der Waals surface area contributed by atoms with Gasteiger partial charge in [-0.2, -0.15) is 0 Å². The van der Waals surface area contributed by atoms with E-state index in [-0.39, 0.29) is 17.9 Å². The van der Waals surface area contributed by atoms with Crippen LogP contribution < -0.4 is 10.2 Å². The average molecular weight is 312 g/mol.